The molecular weight excluding hydrogens is 168 g/mol. The fraction of sp³-hybridized carbons (Fsp3) is 0.889. The van der Waals surface area contributed by atoms with Crippen molar-refractivity contribution in [2.75, 3.05) is 13.2 Å². The number of hydrogen-bond acceptors (Lipinski definition) is 3. The van der Waals surface area contributed by atoms with Crippen LogP contribution in [0.1, 0.15) is 26.2 Å². The summed E-state index contributed by atoms with van der Waals surface area (Å²) in [6.07, 6.45) is 2.70. The molecule has 0 aliphatic carbocycles. The van der Waals surface area contributed by atoms with Crippen molar-refractivity contribution in [2.45, 2.75) is 38.3 Å². The highest BCUT2D eigenvalue weighted by molar-refractivity contribution is 5.81. The fourth-order valence-corrected chi connectivity index (χ4v) is 1.35. The molecule has 0 aromatic rings. The summed E-state index contributed by atoms with van der Waals surface area (Å²) in [5, 5.41) is 2.88. The minimum atomic E-state index is -0.373. The number of carbonyl (C=O) groups excluding carboxylic acids is 1. The van der Waals surface area contributed by atoms with E-state index >= 15 is 0 Å². The van der Waals surface area contributed by atoms with Gasteiger partial charge in [0.05, 0.1) is 18.7 Å². The van der Waals surface area contributed by atoms with Crippen molar-refractivity contribution in [2.24, 2.45) is 5.73 Å². The van der Waals surface area contributed by atoms with Gasteiger partial charge in [0.2, 0.25) is 5.91 Å². The van der Waals surface area contributed by atoms with Crippen LogP contribution >= 0.6 is 0 Å². The molecule has 1 fully saturated rings. The Morgan fingerprint density at radius 2 is 2.54 bits per heavy atom. The maximum atomic E-state index is 11.4. The number of hydrogen-bond donors (Lipinski definition) is 2. The van der Waals surface area contributed by atoms with Crippen molar-refractivity contribution >= 4 is 5.91 Å². The first-order chi connectivity index (χ1) is 6.24. The molecule has 0 radical (unpaired) electrons. The van der Waals surface area contributed by atoms with Crippen molar-refractivity contribution in [1.29, 1.82) is 0 Å². The van der Waals surface area contributed by atoms with Crippen molar-refractivity contribution < 1.29 is 9.53 Å². The number of amides is 1. The predicted molar refractivity (Wildman–Crippen MR) is 50.3 cm³/mol. The third-order valence-corrected chi connectivity index (χ3v) is 2.28. The van der Waals surface area contributed by atoms with E-state index in [9.17, 15) is 4.79 Å². The molecule has 13 heavy (non-hydrogen) atoms. The van der Waals surface area contributed by atoms with Gasteiger partial charge < -0.3 is 15.8 Å². The molecule has 1 aliphatic rings. The van der Waals surface area contributed by atoms with Gasteiger partial charge in [0.1, 0.15) is 0 Å². The highest BCUT2D eigenvalue weighted by atomic mass is 16.5. The Morgan fingerprint density at radius 1 is 1.77 bits per heavy atom. The van der Waals surface area contributed by atoms with Crippen LogP contribution < -0.4 is 11.1 Å². The summed E-state index contributed by atoms with van der Waals surface area (Å²) in [5.74, 6) is -0.0574. The topological polar surface area (TPSA) is 64.4 Å². The highest BCUT2D eigenvalue weighted by Gasteiger charge is 2.18. The van der Waals surface area contributed by atoms with Crippen molar-refractivity contribution in [3.63, 3.8) is 0 Å². The van der Waals surface area contributed by atoms with E-state index in [1.54, 1.807) is 0 Å². The lowest BCUT2D eigenvalue weighted by molar-refractivity contribution is -0.124. The Hall–Kier alpha value is -0.610. The Labute approximate surface area is 78.8 Å². The molecule has 0 aromatic heterocycles. The van der Waals surface area contributed by atoms with Crippen LogP contribution in [0.2, 0.25) is 0 Å². The lowest BCUT2D eigenvalue weighted by Crippen LogP contribution is -2.47. The molecule has 4 nitrogen and oxygen atoms in total. The lowest BCUT2D eigenvalue weighted by atomic mass is 10.1. The van der Waals surface area contributed by atoms with Crippen LogP contribution in [0.4, 0.5) is 0 Å². The second-order valence-electron chi connectivity index (χ2n) is 3.44. The van der Waals surface area contributed by atoms with Gasteiger partial charge in [-0.05, 0) is 19.3 Å². The first kappa shape index (κ1) is 10.5. The summed E-state index contributed by atoms with van der Waals surface area (Å²) in [6, 6.07) is -0.208. The molecule has 1 amide bonds. The number of nitrogens with one attached hydrogen (secondary N) is 1. The van der Waals surface area contributed by atoms with Gasteiger partial charge in [0.25, 0.3) is 0 Å². The maximum Gasteiger partial charge on any atom is 0.237 e. The van der Waals surface area contributed by atoms with Crippen LogP contribution in [0.3, 0.4) is 0 Å². The van der Waals surface area contributed by atoms with E-state index in [1.807, 2.05) is 6.92 Å². The second kappa shape index (κ2) is 5.19. The Kier molecular flexibility index (Phi) is 4.18. The Morgan fingerprint density at radius 3 is 3.08 bits per heavy atom. The summed E-state index contributed by atoms with van der Waals surface area (Å²) in [5.41, 5.74) is 5.58. The molecule has 0 spiro atoms. The quantitative estimate of drug-likeness (QED) is 0.653. The number of carbonyl (C=O) groups is 1. The first-order valence-corrected chi connectivity index (χ1v) is 4.87. The molecule has 2 atom stereocenters. The summed E-state index contributed by atoms with van der Waals surface area (Å²) in [6.45, 7) is 3.34. The molecule has 1 heterocycles. The van der Waals surface area contributed by atoms with Crippen molar-refractivity contribution in [1.82, 2.24) is 5.32 Å². The minimum Gasteiger partial charge on any atom is -0.379 e. The van der Waals surface area contributed by atoms with E-state index < -0.39 is 0 Å². The number of rotatable bonds is 3. The van der Waals surface area contributed by atoms with Gasteiger partial charge in [0.15, 0.2) is 0 Å². The van der Waals surface area contributed by atoms with Gasteiger partial charge in [-0.1, -0.05) is 6.92 Å². The zero-order chi connectivity index (χ0) is 9.68. The molecule has 0 aromatic carbocycles. The third-order valence-electron chi connectivity index (χ3n) is 2.28. The largest absolute Gasteiger partial charge is 0.379 e. The molecule has 1 saturated heterocycles. The lowest BCUT2D eigenvalue weighted by Gasteiger charge is -2.24. The summed E-state index contributed by atoms with van der Waals surface area (Å²) >= 11 is 0. The zero-order valence-electron chi connectivity index (χ0n) is 8.08. The number of ether oxygens (including phenoxy) is 1. The monoisotopic (exact) mass is 186 g/mol. The van der Waals surface area contributed by atoms with Gasteiger partial charge in [-0.2, -0.15) is 0 Å². The van der Waals surface area contributed by atoms with E-state index in [0.29, 0.717) is 13.0 Å². The first-order valence-electron chi connectivity index (χ1n) is 4.87. The van der Waals surface area contributed by atoms with Crippen LogP contribution in [0.25, 0.3) is 0 Å². The summed E-state index contributed by atoms with van der Waals surface area (Å²) < 4.78 is 5.24. The van der Waals surface area contributed by atoms with Crippen molar-refractivity contribution in [3.05, 3.63) is 0 Å². The van der Waals surface area contributed by atoms with Crippen LogP contribution in [0, 0.1) is 0 Å². The standard InChI is InChI=1S/C9H18N2O2/c1-2-8(10)9(12)11-7-4-3-5-13-6-7/h7-8H,2-6,10H2,1H3,(H,11,12)/t7?,8-/m0/s1. The Bertz CT molecular complexity index is 167. The molecule has 1 aliphatic heterocycles. The van der Waals surface area contributed by atoms with Gasteiger partial charge in [-0.25, -0.2) is 0 Å². The van der Waals surface area contributed by atoms with Crippen molar-refractivity contribution in [3.8, 4) is 0 Å². The molecule has 4 heteroatoms. The van der Waals surface area contributed by atoms with Gasteiger partial charge in [0, 0.05) is 6.61 Å². The van der Waals surface area contributed by atoms with E-state index in [0.717, 1.165) is 19.4 Å². The average molecular weight is 186 g/mol. The SMILES string of the molecule is CC[C@H](N)C(=O)NC1CCCOC1. The summed E-state index contributed by atoms with van der Waals surface area (Å²) in [4.78, 5) is 11.4. The molecule has 3 N–H and O–H groups in total. The smallest absolute Gasteiger partial charge is 0.237 e. The molecule has 1 rings (SSSR count). The predicted octanol–water partition coefficient (Wildman–Crippen LogP) is 0.0189. The molecule has 76 valence electrons. The van der Waals surface area contributed by atoms with E-state index in [2.05, 4.69) is 5.32 Å². The molecule has 0 bridgehead atoms. The van der Waals surface area contributed by atoms with Crippen LogP contribution in [-0.4, -0.2) is 31.2 Å². The Balaban J connectivity index is 2.26. The van der Waals surface area contributed by atoms with Gasteiger partial charge in [-0.3, -0.25) is 4.79 Å². The molecule has 1 unspecified atom stereocenters. The third kappa shape index (κ3) is 3.32. The maximum absolute atomic E-state index is 11.4. The minimum absolute atomic E-state index is 0.0574. The van der Waals surface area contributed by atoms with Crippen LogP contribution in [-0.2, 0) is 9.53 Å². The van der Waals surface area contributed by atoms with E-state index in [1.165, 1.54) is 0 Å². The van der Waals surface area contributed by atoms with Gasteiger partial charge in [-0.15, -0.1) is 0 Å². The molecule has 0 saturated carbocycles. The zero-order valence-corrected chi connectivity index (χ0v) is 8.08. The summed E-state index contributed by atoms with van der Waals surface area (Å²) in [7, 11) is 0. The highest BCUT2D eigenvalue weighted by Crippen LogP contribution is 2.05. The normalized spacial score (nSPS) is 25.2. The van der Waals surface area contributed by atoms with E-state index in [4.69, 9.17) is 10.5 Å². The van der Waals surface area contributed by atoms with Crippen LogP contribution in [0.15, 0.2) is 0 Å². The number of nitrogens with two attached hydrogens (primary N) is 1. The van der Waals surface area contributed by atoms with E-state index in [-0.39, 0.29) is 18.0 Å². The van der Waals surface area contributed by atoms with Gasteiger partial charge >= 0.3 is 0 Å². The fourth-order valence-electron chi connectivity index (χ4n) is 1.35. The molecular formula is C9H18N2O2. The average Bonchev–Trinajstić information content (AvgIpc) is 2.18. The second-order valence-corrected chi connectivity index (χ2v) is 3.44. The van der Waals surface area contributed by atoms with Crippen LogP contribution in [0.5, 0.6) is 0 Å².